The van der Waals surface area contributed by atoms with E-state index in [1.807, 2.05) is 12.1 Å². The molecule has 0 bridgehead atoms. The minimum Gasteiger partial charge on any atom is -0.492 e. The fourth-order valence-electron chi connectivity index (χ4n) is 2.21. The number of aryl methyl sites for hydroxylation is 1. The summed E-state index contributed by atoms with van der Waals surface area (Å²) in [4.78, 5) is 4.23. The van der Waals surface area contributed by atoms with Gasteiger partial charge in [-0.3, -0.25) is 4.99 Å². The summed E-state index contributed by atoms with van der Waals surface area (Å²) in [6.07, 6.45) is 2.65. The van der Waals surface area contributed by atoms with E-state index in [4.69, 9.17) is 4.74 Å². The van der Waals surface area contributed by atoms with E-state index in [0.29, 0.717) is 6.61 Å². The van der Waals surface area contributed by atoms with Crippen LogP contribution in [0.15, 0.2) is 29.3 Å². The number of rotatable bonds is 6. The van der Waals surface area contributed by atoms with E-state index in [1.165, 1.54) is 24.2 Å². The Labute approximate surface area is 131 Å². The lowest BCUT2D eigenvalue weighted by molar-refractivity contribution is 0.322. The monoisotopic (exact) mass is 307 g/mol. The average molecular weight is 307 g/mol. The number of thioether (sulfide) groups is 1. The minimum atomic E-state index is 0.627. The molecule has 116 valence electrons. The largest absolute Gasteiger partial charge is 0.492 e. The lowest BCUT2D eigenvalue weighted by atomic mass is 10.2. The Bertz CT molecular complexity index is 441. The van der Waals surface area contributed by atoms with Crippen LogP contribution >= 0.6 is 11.8 Å². The first-order chi connectivity index (χ1) is 10.3. The van der Waals surface area contributed by atoms with Crippen LogP contribution in [0.4, 0.5) is 0 Å². The van der Waals surface area contributed by atoms with Gasteiger partial charge in [-0.1, -0.05) is 17.7 Å². The molecule has 21 heavy (non-hydrogen) atoms. The van der Waals surface area contributed by atoms with Gasteiger partial charge in [0.2, 0.25) is 0 Å². The Morgan fingerprint density at radius 3 is 2.81 bits per heavy atom. The second kappa shape index (κ2) is 8.82. The molecule has 1 unspecified atom stereocenters. The van der Waals surface area contributed by atoms with Crippen molar-refractivity contribution in [3.63, 3.8) is 0 Å². The predicted octanol–water partition coefficient (Wildman–Crippen LogP) is 2.43. The molecule has 1 aliphatic heterocycles. The van der Waals surface area contributed by atoms with E-state index in [1.54, 1.807) is 7.05 Å². The van der Waals surface area contributed by atoms with E-state index in [9.17, 15) is 0 Å². The third kappa shape index (κ3) is 5.87. The maximum absolute atomic E-state index is 5.68. The van der Waals surface area contributed by atoms with Gasteiger partial charge in [-0.15, -0.1) is 0 Å². The van der Waals surface area contributed by atoms with E-state index in [-0.39, 0.29) is 0 Å². The molecule has 0 amide bonds. The number of ether oxygens (including phenoxy) is 1. The molecule has 1 aromatic rings. The molecular weight excluding hydrogens is 282 g/mol. The standard InChI is InChI=1S/C16H25N3OS/c1-13-5-7-14(8-6-13)20-10-9-18-16(17-2)19-12-15-4-3-11-21-15/h5-8,15H,3-4,9-12H2,1-2H3,(H2,17,18,19). The number of aliphatic imine (C=N–C) groups is 1. The van der Waals surface area contributed by atoms with Gasteiger partial charge in [-0.2, -0.15) is 11.8 Å². The molecule has 1 heterocycles. The molecule has 0 aromatic heterocycles. The highest BCUT2D eigenvalue weighted by atomic mass is 32.2. The van der Waals surface area contributed by atoms with Crippen molar-refractivity contribution in [3.05, 3.63) is 29.8 Å². The van der Waals surface area contributed by atoms with Crippen LogP contribution in [-0.2, 0) is 0 Å². The average Bonchev–Trinajstić information content (AvgIpc) is 3.02. The highest BCUT2D eigenvalue weighted by Crippen LogP contribution is 2.25. The zero-order chi connectivity index (χ0) is 14.9. The molecule has 1 aliphatic rings. The summed E-state index contributed by atoms with van der Waals surface area (Å²) >= 11 is 2.05. The van der Waals surface area contributed by atoms with Crippen LogP contribution in [0.25, 0.3) is 0 Å². The SMILES string of the molecule is CN=C(NCCOc1ccc(C)cc1)NCC1CCCS1. The van der Waals surface area contributed by atoms with E-state index < -0.39 is 0 Å². The zero-order valence-corrected chi connectivity index (χ0v) is 13.7. The molecule has 4 nitrogen and oxygen atoms in total. The van der Waals surface area contributed by atoms with Crippen molar-refractivity contribution in [2.45, 2.75) is 25.0 Å². The van der Waals surface area contributed by atoms with Gasteiger partial charge in [0, 0.05) is 18.8 Å². The molecule has 5 heteroatoms. The van der Waals surface area contributed by atoms with Gasteiger partial charge in [-0.05, 0) is 37.7 Å². The summed E-state index contributed by atoms with van der Waals surface area (Å²) in [5, 5.41) is 7.39. The van der Waals surface area contributed by atoms with E-state index in [0.717, 1.165) is 30.0 Å². The lowest BCUT2D eigenvalue weighted by Gasteiger charge is -2.15. The molecule has 1 atom stereocenters. The lowest BCUT2D eigenvalue weighted by Crippen LogP contribution is -2.41. The Hall–Kier alpha value is -1.36. The van der Waals surface area contributed by atoms with Gasteiger partial charge in [0.25, 0.3) is 0 Å². The van der Waals surface area contributed by atoms with Crippen LogP contribution < -0.4 is 15.4 Å². The third-order valence-electron chi connectivity index (χ3n) is 3.43. The number of nitrogens with zero attached hydrogens (tertiary/aromatic N) is 1. The maximum atomic E-state index is 5.68. The summed E-state index contributed by atoms with van der Waals surface area (Å²) in [5.74, 6) is 3.06. The molecule has 0 spiro atoms. The van der Waals surface area contributed by atoms with Crippen LogP contribution in [0.2, 0.25) is 0 Å². The van der Waals surface area contributed by atoms with Crippen LogP contribution in [-0.4, -0.2) is 43.7 Å². The number of nitrogens with one attached hydrogen (secondary N) is 2. The first-order valence-electron chi connectivity index (χ1n) is 7.53. The van der Waals surface area contributed by atoms with Crippen LogP contribution in [0.3, 0.4) is 0 Å². The highest BCUT2D eigenvalue weighted by Gasteiger charge is 2.15. The van der Waals surface area contributed by atoms with Gasteiger partial charge in [-0.25, -0.2) is 0 Å². The molecule has 0 aliphatic carbocycles. The first kappa shape index (κ1) is 16.0. The normalized spacial score (nSPS) is 18.6. The topological polar surface area (TPSA) is 45.7 Å². The number of hydrogen-bond acceptors (Lipinski definition) is 3. The number of benzene rings is 1. The van der Waals surface area contributed by atoms with Crippen LogP contribution in [0, 0.1) is 6.92 Å². The van der Waals surface area contributed by atoms with Crippen molar-refractivity contribution in [1.29, 1.82) is 0 Å². The molecular formula is C16H25N3OS. The fraction of sp³-hybridized carbons (Fsp3) is 0.562. The summed E-state index contributed by atoms with van der Waals surface area (Å²) in [5.41, 5.74) is 1.25. The summed E-state index contributed by atoms with van der Waals surface area (Å²) in [6, 6.07) is 8.12. The van der Waals surface area contributed by atoms with Gasteiger partial charge < -0.3 is 15.4 Å². The molecule has 0 radical (unpaired) electrons. The van der Waals surface area contributed by atoms with Crippen molar-refractivity contribution < 1.29 is 4.74 Å². The van der Waals surface area contributed by atoms with Crippen molar-refractivity contribution in [2.24, 2.45) is 4.99 Å². The van der Waals surface area contributed by atoms with Crippen LogP contribution in [0.1, 0.15) is 18.4 Å². The first-order valence-corrected chi connectivity index (χ1v) is 8.58. The Balaban J connectivity index is 1.60. The number of hydrogen-bond donors (Lipinski definition) is 2. The summed E-state index contributed by atoms with van der Waals surface area (Å²) in [6.45, 7) is 4.43. The van der Waals surface area contributed by atoms with Gasteiger partial charge >= 0.3 is 0 Å². The molecule has 1 aromatic carbocycles. The summed E-state index contributed by atoms with van der Waals surface area (Å²) in [7, 11) is 1.80. The van der Waals surface area contributed by atoms with Crippen LogP contribution in [0.5, 0.6) is 5.75 Å². The molecule has 2 N–H and O–H groups in total. The van der Waals surface area contributed by atoms with Crippen molar-refractivity contribution in [3.8, 4) is 5.75 Å². The number of guanidine groups is 1. The van der Waals surface area contributed by atoms with E-state index >= 15 is 0 Å². The highest BCUT2D eigenvalue weighted by molar-refractivity contribution is 8.00. The fourth-order valence-corrected chi connectivity index (χ4v) is 3.41. The van der Waals surface area contributed by atoms with Gasteiger partial charge in [0.05, 0.1) is 6.54 Å². The van der Waals surface area contributed by atoms with Crippen molar-refractivity contribution in [2.75, 3.05) is 32.5 Å². The Kier molecular flexibility index (Phi) is 6.73. The van der Waals surface area contributed by atoms with Gasteiger partial charge in [0.15, 0.2) is 5.96 Å². The molecule has 2 rings (SSSR count). The zero-order valence-electron chi connectivity index (χ0n) is 12.9. The third-order valence-corrected chi connectivity index (χ3v) is 4.83. The second-order valence-electron chi connectivity index (χ2n) is 5.18. The smallest absolute Gasteiger partial charge is 0.191 e. The van der Waals surface area contributed by atoms with Gasteiger partial charge in [0.1, 0.15) is 12.4 Å². The molecule has 1 fully saturated rings. The quantitative estimate of drug-likeness (QED) is 0.481. The Morgan fingerprint density at radius 2 is 2.14 bits per heavy atom. The van der Waals surface area contributed by atoms with Crippen molar-refractivity contribution in [1.82, 2.24) is 10.6 Å². The minimum absolute atomic E-state index is 0.627. The Morgan fingerprint density at radius 1 is 1.33 bits per heavy atom. The summed E-state index contributed by atoms with van der Waals surface area (Å²) < 4.78 is 5.68. The van der Waals surface area contributed by atoms with Crippen molar-refractivity contribution >= 4 is 17.7 Å². The molecule has 0 saturated carbocycles. The predicted molar refractivity (Wildman–Crippen MR) is 91.5 cm³/mol. The molecule has 1 saturated heterocycles. The second-order valence-corrected chi connectivity index (χ2v) is 6.58. The van der Waals surface area contributed by atoms with E-state index in [2.05, 4.69) is 46.4 Å². The maximum Gasteiger partial charge on any atom is 0.191 e.